The van der Waals surface area contributed by atoms with Crippen molar-refractivity contribution in [3.8, 4) is 50.2 Å². The Morgan fingerprint density at radius 2 is 0.764 bits per heavy atom. The van der Waals surface area contributed by atoms with E-state index in [4.69, 9.17) is 9.97 Å². The number of hydrogen-bond donors (Lipinski definition) is 0. The molecule has 0 aliphatic carbocycles. The lowest BCUT2D eigenvalue weighted by molar-refractivity contribution is 1.14. The minimum Gasteiger partial charge on any atom is -0.293 e. The fraction of sp³-hybridized carbons (Fsp3) is 0. The van der Waals surface area contributed by atoms with Crippen LogP contribution in [0, 0.1) is 0 Å². The Balaban J connectivity index is 1.17. The first-order valence-corrected chi connectivity index (χ1v) is 18.7. The van der Waals surface area contributed by atoms with Gasteiger partial charge in [0.25, 0.3) is 0 Å². The van der Waals surface area contributed by atoms with E-state index in [9.17, 15) is 0 Å². The molecule has 0 saturated carbocycles. The van der Waals surface area contributed by atoms with E-state index in [0.717, 1.165) is 49.9 Å². The zero-order valence-corrected chi connectivity index (χ0v) is 29.9. The summed E-state index contributed by atoms with van der Waals surface area (Å²) in [5.41, 5.74) is 15.3. The molecule has 0 bridgehead atoms. The van der Waals surface area contributed by atoms with Gasteiger partial charge in [-0.2, -0.15) is 0 Å². The fourth-order valence-electron chi connectivity index (χ4n) is 8.42. The standard InChI is InChI=1S/C52H33N3/c1-4-14-34(15-5-1)35-24-26-37(27-25-35)50-42-21-11-10-20-41(42)49(36-16-6-2-7-17-36)43-30-28-38(32-44(43)50)39-29-31-48-45(33-39)51-52(55(48)40-18-8-3-9-19-40)54-47-23-13-12-22-46(47)53-51/h1-33H. The summed E-state index contributed by atoms with van der Waals surface area (Å²) in [7, 11) is 0. The summed E-state index contributed by atoms with van der Waals surface area (Å²) in [6.07, 6.45) is 0. The van der Waals surface area contributed by atoms with Crippen LogP contribution in [0.2, 0.25) is 0 Å². The Kier molecular flexibility index (Phi) is 7.17. The van der Waals surface area contributed by atoms with E-state index in [1.54, 1.807) is 0 Å². The monoisotopic (exact) mass is 699 g/mol. The van der Waals surface area contributed by atoms with Gasteiger partial charge in [0.05, 0.1) is 16.6 Å². The van der Waals surface area contributed by atoms with Crippen molar-refractivity contribution < 1.29 is 0 Å². The smallest absolute Gasteiger partial charge is 0.165 e. The summed E-state index contributed by atoms with van der Waals surface area (Å²) in [6.45, 7) is 0. The summed E-state index contributed by atoms with van der Waals surface area (Å²) < 4.78 is 2.24. The maximum absolute atomic E-state index is 5.22. The lowest BCUT2D eigenvalue weighted by Gasteiger charge is -2.19. The third kappa shape index (κ3) is 5.13. The number of aromatic nitrogens is 3. The molecular formula is C52H33N3. The highest BCUT2D eigenvalue weighted by Crippen LogP contribution is 2.45. The Bertz CT molecular complexity index is 3220. The number of nitrogens with zero attached hydrogens (tertiary/aromatic N) is 3. The summed E-state index contributed by atoms with van der Waals surface area (Å²) >= 11 is 0. The zero-order valence-electron chi connectivity index (χ0n) is 29.9. The van der Waals surface area contributed by atoms with Crippen LogP contribution in [0.1, 0.15) is 0 Å². The summed E-state index contributed by atoms with van der Waals surface area (Å²) in [5, 5.41) is 6.02. The molecule has 0 radical (unpaired) electrons. The predicted molar refractivity (Wildman–Crippen MR) is 231 cm³/mol. The quantitative estimate of drug-likeness (QED) is 0.167. The van der Waals surface area contributed by atoms with Crippen LogP contribution in [0.15, 0.2) is 200 Å². The molecular weight excluding hydrogens is 667 g/mol. The van der Waals surface area contributed by atoms with Gasteiger partial charge in [0, 0.05) is 11.1 Å². The molecule has 55 heavy (non-hydrogen) atoms. The van der Waals surface area contributed by atoms with Crippen LogP contribution >= 0.6 is 0 Å². The van der Waals surface area contributed by atoms with Gasteiger partial charge in [-0.25, -0.2) is 9.97 Å². The fourth-order valence-corrected chi connectivity index (χ4v) is 8.42. The van der Waals surface area contributed by atoms with Crippen LogP contribution < -0.4 is 0 Å². The first kappa shape index (κ1) is 31.2. The second kappa shape index (κ2) is 12.6. The van der Waals surface area contributed by atoms with Crippen LogP contribution in [-0.4, -0.2) is 14.5 Å². The Morgan fingerprint density at radius 1 is 0.309 bits per heavy atom. The molecule has 2 heterocycles. The van der Waals surface area contributed by atoms with Gasteiger partial charge in [0.2, 0.25) is 0 Å². The molecule has 0 aliphatic heterocycles. The Labute approximate surface area is 318 Å². The van der Waals surface area contributed by atoms with E-state index in [1.807, 2.05) is 24.3 Å². The maximum Gasteiger partial charge on any atom is 0.165 e. The molecule has 0 fully saturated rings. The molecule has 256 valence electrons. The maximum atomic E-state index is 5.22. The van der Waals surface area contributed by atoms with Crippen molar-refractivity contribution in [2.45, 2.75) is 0 Å². The van der Waals surface area contributed by atoms with Crippen molar-refractivity contribution in [2.75, 3.05) is 0 Å². The third-order valence-corrected chi connectivity index (χ3v) is 11.0. The first-order valence-electron chi connectivity index (χ1n) is 18.7. The lowest BCUT2D eigenvalue weighted by atomic mass is 9.84. The van der Waals surface area contributed by atoms with Gasteiger partial charge in [0.1, 0.15) is 5.52 Å². The van der Waals surface area contributed by atoms with Gasteiger partial charge in [-0.1, -0.05) is 158 Å². The van der Waals surface area contributed by atoms with Crippen molar-refractivity contribution >= 4 is 54.6 Å². The molecule has 0 amide bonds. The van der Waals surface area contributed by atoms with Crippen molar-refractivity contribution in [1.29, 1.82) is 0 Å². The second-order valence-corrected chi connectivity index (χ2v) is 14.2. The molecule has 0 aliphatic rings. The molecule has 11 rings (SSSR count). The predicted octanol–water partition coefficient (Wildman–Crippen LogP) is 13.7. The zero-order chi connectivity index (χ0) is 36.3. The number of benzene rings is 9. The number of fused-ring (bicyclic) bond motifs is 6. The highest BCUT2D eigenvalue weighted by molar-refractivity contribution is 6.22. The molecule has 11 aromatic rings. The Hall–Kier alpha value is -7.36. The topological polar surface area (TPSA) is 30.7 Å². The molecule has 0 spiro atoms. The highest BCUT2D eigenvalue weighted by Gasteiger charge is 2.20. The van der Waals surface area contributed by atoms with Crippen LogP contribution in [0.4, 0.5) is 0 Å². The molecule has 0 atom stereocenters. The van der Waals surface area contributed by atoms with E-state index >= 15 is 0 Å². The van der Waals surface area contributed by atoms with Gasteiger partial charge >= 0.3 is 0 Å². The van der Waals surface area contributed by atoms with Crippen LogP contribution in [-0.2, 0) is 0 Å². The minimum absolute atomic E-state index is 0.857. The molecule has 0 saturated heterocycles. The number of hydrogen-bond acceptors (Lipinski definition) is 2. The van der Waals surface area contributed by atoms with Gasteiger partial charge in [-0.3, -0.25) is 4.57 Å². The summed E-state index contributed by atoms with van der Waals surface area (Å²) in [4.78, 5) is 10.4. The van der Waals surface area contributed by atoms with Crippen molar-refractivity contribution in [1.82, 2.24) is 14.5 Å². The van der Waals surface area contributed by atoms with Crippen molar-refractivity contribution in [3.05, 3.63) is 200 Å². The van der Waals surface area contributed by atoms with Crippen molar-refractivity contribution in [2.24, 2.45) is 0 Å². The summed E-state index contributed by atoms with van der Waals surface area (Å²) in [6, 6.07) is 71.7. The highest BCUT2D eigenvalue weighted by atomic mass is 15.1. The minimum atomic E-state index is 0.857. The molecule has 0 N–H and O–H groups in total. The van der Waals surface area contributed by atoms with Crippen LogP contribution in [0.25, 0.3) is 105 Å². The summed E-state index contributed by atoms with van der Waals surface area (Å²) in [5.74, 6) is 0. The average molecular weight is 700 g/mol. The molecule has 3 heteroatoms. The van der Waals surface area contributed by atoms with E-state index in [2.05, 4.69) is 180 Å². The van der Waals surface area contributed by atoms with Crippen LogP contribution in [0.5, 0.6) is 0 Å². The largest absolute Gasteiger partial charge is 0.293 e. The normalized spacial score (nSPS) is 11.6. The number of rotatable bonds is 5. The van der Waals surface area contributed by atoms with E-state index in [0.29, 0.717) is 0 Å². The Morgan fingerprint density at radius 3 is 1.45 bits per heavy atom. The second-order valence-electron chi connectivity index (χ2n) is 14.2. The lowest BCUT2D eigenvalue weighted by Crippen LogP contribution is -1.96. The molecule has 3 nitrogen and oxygen atoms in total. The van der Waals surface area contributed by atoms with Gasteiger partial charge in [0.15, 0.2) is 5.65 Å². The molecule has 9 aromatic carbocycles. The first-order chi connectivity index (χ1) is 27.3. The van der Waals surface area contributed by atoms with E-state index in [-0.39, 0.29) is 0 Å². The SMILES string of the molecule is c1ccc(-c2ccc(-c3c4ccccc4c(-c4ccccc4)c4ccc(-c5ccc6c(c5)c5nc7ccccc7nc5n6-c5ccccc5)cc34)cc2)cc1. The molecule has 0 unspecified atom stereocenters. The number of para-hydroxylation sites is 3. The van der Waals surface area contributed by atoms with E-state index in [1.165, 1.54) is 54.9 Å². The van der Waals surface area contributed by atoms with Gasteiger partial charge in [-0.15, -0.1) is 0 Å². The van der Waals surface area contributed by atoms with Crippen LogP contribution in [0.3, 0.4) is 0 Å². The van der Waals surface area contributed by atoms with Gasteiger partial charge < -0.3 is 0 Å². The van der Waals surface area contributed by atoms with Gasteiger partial charge in [-0.05, 0) is 109 Å². The molecule has 2 aromatic heterocycles. The van der Waals surface area contributed by atoms with E-state index < -0.39 is 0 Å². The van der Waals surface area contributed by atoms with Crippen molar-refractivity contribution in [3.63, 3.8) is 0 Å². The average Bonchev–Trinajstić information content (AvgIpc) is 3.57. The third-order valence-electron chi connectivity index (χ3n) is 11.0.